The second-order valence-corrected chi connectivity index (χ2v) is 7.44. The molecule has 146 valence electrons. The highest BCUT2D eigenvalue weighted by molar-refractivity contribution is 14.0. The van der Waals surface area contributed by atoms with E-state index in [0.717, 1.165) is 25.3 Å². The number of halogens is 1. The van der Waals surface area contributed by atoms with E-state index >= 15 is 0 Å². The molecular weight excluding hydrogens is 439 g/mol. The predicted octanol–water partition coefficient (Wildman–Crippen LogP) is 2.97. The van der Waals surface area contributed by atoms with Crippen LogP contribution >= 0.6 is 24.0 Å². The Morgan fingerprint density at radius 2 is 1.73 bits per heavy atom. The van der Waals surface area contributed by atoms with Crippen molar-refractivity contribution in [3.8, 4) is 0 Å². The van der Waals surface area contributed by atoms with Gasteiger partial charge >= 0.3 is 0 Å². The van der Waals surface area contributed by atoms with Crippen molar-refractivity contribution in [1.29, 1.82) is 0 Å². The van der Waals surface area contributed by atoms with Crippen molar-refractivity contribution in [2.45, 2.75) is 46.0 Å². The molecule has 6 heteroatoms. The lowest BCUT2D eigenvalue weighted by atomic mass is 9.84. The van der Waals surface area contributed by atoms with E-state index in [-0.39, 0.29) is 41.2 Å². The lowest BCUT2D eigenvalue weighted by Gasteiger charge is -2.24. The monoisotopic (exact) mass is 472 g/mol. The SMILES string of the molecule is CCNC(=NCC(C)(C)c1ccc(C)cc1)NCCNC(=O)C1CC1.I. The molecule has 1 aromatic carbocycles. The Kier molecular flexibility index (Phi) is 9.39. The van der Waals surface area contributed by atoms with Gasteiger partial charge in [-0.1, -0.05) is 43.7 Å². The maximum Gasteiger partial charge on any atom is 0.223 e. The summed E-state index contributed by atoms with van der Waals surface area (Å²) < 4.78 is 0. The van der Waals surface area contributed by atoms with Crippen LogP contribution in [0.2, 0.25) is 0 Å². The van der Waals surface area contributed by atoms with Crippen LogP contribution in [0.25, 0.3) is 0 Å². The fraction of sp³-hybridized carbons (Fsp3) is 0.600. The number of hydrogen-bond donors (Lipinski definition) is 3. The van der Waals surface area contributed by atoms with Crippen molar-refractivity contribution < 1.29 is 4.79 Å². The molecule has 0 atom stereocenters. The normalized spacial score (nSPS) is 14.4. The Hall–Kier alpha value is -1.31. The second-order valence-electron chi connectivity index (χ2n) is 7.44. The van der Waals surface area contributed by atoms with E-state index in [1.807, 2.05) is 0 Å². The Bertz CT molecular complexity index is 594. The van der Waals surface area contributed by atoms with Crippen LogP contribution < -0.4 is 16.0 Å². The molecule has 0 heterocycles. The van der Waals surface area contributed by atoms with Gasteiger partial charge in [0.2, 0.25) is 5.91 Å². The summed E-state index contributed by atoms with van der Waals surface area (Å²) in [7, 11) is 0. The van der Waals surface area contributed by atoms with Gasteiger partial charge in [0.15, 0.2) is 5.96 Å². The minimum atomic E-state index is -0.0315. The van der Waals surface area contributed by atoms with Gasteiger partial charge < -0.3 is 16.0 Å². The third kappa shape index (κ3) is 7.51. The Morgan fingerprint density at radius 3 is 2.31 bits per heavy atom. The van der Waals surface area contributed by atoms with Crippen LogP contribution in [0.4, 0.5) is 0 Å². The Morgan fingerprint density at radius 1 is 1.12 bits per heavy atom. The van der Waals surface area contributed by atoms with E-state index in [1.165, 1.54) is 11.1 Å². The Balaban J connectivity index is 0.00000338. The van der Waals surface area contributed by atoms with Crippen molar-refractivity contribution in [3.63, 3.8) is 0 Å². The molecule has 5 nitrogen and oxygen atoms in total. The number of carbonyl (C=O) groups excluding carboxylic acids is 1. The molecule has 2 rings (SSSR count). The van der Waals surface area contributed by atoms with Crippen molar-refractivity contribution >= 4 is 35.8 Å². The summed E-state index contributed by atoms with van der Waals surface area (Å²) in [6, 6.07) is 8.65. The van der Waals surface area contributed by atoms with E-state index in [9.17, 15) is 4.79 Å². The van der Waals surface area contributed by atoms with Crippen LogP contribution in [0.5, 0.6) is 0 Å². The summed E-state index contributed by atoms with van der Waals surface area (Å²) in [4.78, 5) is 16.4. The van der Waals surface area contributed by atoms with Gasteiger partial charge in [0.25, 0.3) is 0 Å². The molecule has 0 aromatic heterocycles. The molecule has 0 aliphatic heterocycles. The zero-order valence-electron chi connectivity index (χ0n) is 16.4. The number of benzene rings is 1. The molecule has 1 fully saturated rings. The van der Waals surface area contributed by atoms with Gasteiger partial charge in [0, 0.05) is 31.0 Å². The van der Waals surface area contributed by atoms with E-state index in [4.69, 9.17) is 4.99 Å². The van der Waals surface area contributed by atoms with Gasteiger partial charge in [-0.2, -0.15) is 0 Å². The van der Waals surface area contributed by atoms with Gasteiger partial charge in [-0.05, 0) is 32.3 Å². The molecule has 1 amide bonds. The third-order valence-corrected chi connectivity index (χ3v) is 4.47. The van der Waals surface area contributed by atoms with E-state index < -0.39 is 0 Å². The molecule has 1 aliphatic rings. The van der Waals surface area contributed by atoms with Gasteiger partial charge in [0.1, 0.15) is 0 Å². The molecule has 0 unspecified atom stereocenters. The first-order valence-electron chi connectivity index (χ1n) is 9.29. The number of hydrogen-bond acceptors (Lipinski definition) is 2. The maximum atomic E-state index is 11.6. The fourth-order valence-electron chi connectivity index (χ4n) is 2.57. The molecule has 0 spiro atoms. The highest BCUT2D eigenvalue weighted by atomic mass is 127. The van der Waals surface area contributed by atoms with Crippen LogP contribution in [0.15, 0.2) is 29.3 Å². The molecule has 0 bridgehead atoms. The van der Waals surface area contributed by atoms with Crippen LogP contribution in [0.3, 0.4) is 0 Å². The Labute approximate surface area is 174 Å². The van der Waals surface area contributed by atoms with Gasteiger partial charge in [-0.15, -0.1) is 24.0 Å². The summed E-state index contributed by atoms with van der Waals surface area (Å²) in [5.41, 5.74) is 2.52. The first-order chi connectivity index (χ1) is 11.9. The standard InChI is InChI=1S/C20H32N4O.HI/c1-5-21-19(23-13-12-22-18(25)16-8-9-16)24-14-20(3,4)17-10-6-15(2)7-11-17;/h6-7,10-11,16H,5,8-9,12-14H2,1-4H3,(H,22,25)(H2,21,23,24);1H. The van der Waals surface area contributed by atoms with E-state index in [1.54, 1.807) is 0 Å². The van der Waals surface area contributed by atoms with Crippen LogP contribution in [0, 0.1) is 12.8 Å². The number of nitrogens with zero attached hydrogens (tertiary/aromatic N) is 1. The average molecular weight is 472 g/mol. The van der Waals surface area contributed by atoms with Crippen molar-refractivity contribution in [2.24, 2.45) is 10.9 Å². The molecule has 1 aliphatic carbocycles. The average Bonchev–Trinajstić information content (AvgIpc) is 3.41. The maximum absolute atomic E-state index is 11.6. The molecule has 3 N–H and O–H groups in total. The number of guanidine groups is 1. The fourth-order valence-corrected chi connectivity index (χ4v) is 2.57. The van der Waals surface area contributed by atoms with Gasteiger partial charge in [-0.25, -0.2) is 0 Å². The zero-order valence-corrected chi connectivity index (χ0v) is 18.7. The number of nitrogens with one attached hydrogen (secondary N) is 3. The number of aliphatic imine (C=N–C) groups is 1. The van der Waals surface area contributed by atoms with E-state index in [2.05, 4.69) is 67.9 Å². The third-order valence-electron chi connectivity index (χ3n) is 4.47. The van der Waals surface area contributed by atoms with Crippen molar-refractivity contribution in [2.75, 3.05) is 26.2 Å². The molecule has 1 aromatic rings. The van der Waals surface area contributed by atoms with Crippen LogP contribution in [-0.4, -0.2) is 38.0 Å². The van der Waals surface area contributed by atoms with E-state index in [0.29, 0.717) is 19.6 Å². The minimum absolute atomic E-state index is 0. The summed E-state index contributed by atoms with van der Waals surface area (Å²) >= 11 is 0. The summed E-state index contributed by atoms with van der Waals surface area (Å²) in [5.74, 6) is 1.24. The molecular formula is C20H33IN4O. The van der Waals surface area contributed by atoms with Gasteiger partial charge in [0.05, 0.1) is 6.54 Å². The lowest BCUT2D eigenvalue weighted by molar-refractivity contribution is -0.122. The van der Waals surface area contributed by atoms with Gasteiger partial charge in [-0.3, -0.25) is 9.79 Å². The topological polar surface area (TPSA) is 65.5 Å². The van der Waals surface area contributed by atoms with Crippen LogP contribution in [-0.2, 0) is 10.2 Å². The lowest BCUT2D eigenvalue weighted by Crippen LogP contribution is -2.42. The largest absolute Gasteiger partial charge is 0.357 e. The number of carbonyl (C=O) groups is 1. The number of amides is 1. The van der Waals surface area contributed by atoms with Crippen molar-refractivity contribution in [3.05, 3.63) is 35.4 Å². The predicted molar refractivity (Wildman–Crippen MR) is 119 cm³/mol. The second kappa shape index (κ2) is 10.7. The summed E-state index contributed by atoms with van der Waals surface area (Å²) in [5, 5.41) is 9.52. The quantitative estimate of drug-likeness (QED) is 0.236. The first-order valence-corrected chi connectivity index (χ1v) is 9.29. The molecule has 26 heavy (non-hydrogen) atoms. The highest BCUT2D eigenvalue weighted by Crippen LogP contribution is 2.28. The smallest absolute Gasteiger partial charge is 0.223 e. The van der Waals surface area contributed by atoms with Crippen LogP contribution in [0.1, 0.15) is 44.7 Å². The molecule has 0 radical (unpaired) electrons. The molecule has 1 saturated carbocycles. The molecule has 0 saturated heterocycles. The first kappa shape index (κ1) is 22.7. The zero-order chi connectivity index (χ0) is 18.3. The minimum Gasteiger partial charge on any atom is -0.357 e. The number of rotatable bonds is 8. The van der Waals surface area contributed by atoms with Crippen molar-refractivity contribution in [1.82, 2.24) is 16.0 Å². The number of aryl methyl sites for hydroxylation is 1. The summed E-state index contributed by atoms with van der Waals surface area (Å²) in [6.45, 7) is 11.4. The summed E-state index contributed by atoms with van der Waals surface area (Å²) in [6.07, 6.45) is 2.08. The highest BCUT2D eigenvalue weighted by Gasteiger charge is 2.29.